The Balaban J connectivity index is 1.80. The molecule has 1 aliphatic rings. The molecule has 28 heavy (non-hydrogen) atoms. The van der Waals surface area contributed by atoms with Gasteiger partial charge in [0.2, 0.25) is 5.91 Å². The van der Waals surface area contributed by atoms with Crippen LogP contribution >= 0.6 is 0 Å². The minimum Gasteiger partial charge on any atom is -0.444 e. The molecule has 1 fully saturated rings. The molecule has 1 unspecified atom stereocenters. The monoisotopic (exact) mass is 389 g/mol. The topological polar surface area (TPSA) is 102 Å². The molecule has 2 rings (SSSR count). The van der Waals surface area contributed by atoms with Crippen LogP contribution in [0.1, 0.15) is 39.2 Å². The summed E-state index contributed by atoms with van der Waals surface area (Å²) in [6.45, 7) is 7.21. The number of hydrogen-bond donors (Lipinski definition) is 1. The lowest BCUT2D eigenvalue weighted by molar-refractivity contribution is -0.384. The van der Waals surface area contributed by atoms with Crippen LogP contribution < -0.4 is 5.32 Å². The molecule has 1 saturated heterocycles. The highest BCUT2D eigenvalue weighted by molar-refractivity contribution is 5.91. The van der Waals surface area contributed by atoms with Crippen molar-refractivity contribution in [2.75, 3.05) is 19.6 Å². The van der Waals surface area contributed by atoms with Gasteiger partial charge >= 0.3 is 6.09 Å². The van der Waals surface area contributed by atoms with Gasteiger partial charge in [-0.05, 0) is 63.3 Å². The lowest BCUT2D eigenvalue weighted by atomic mass is 9.98. The van der Waals surface area contributed by atoms with Gasteiger partial charge in [-0.25, -0.2) is 4.79 Å². The van der Waals surface area contributed by atoms with E-state index in [2.05, 4.69) is 5.32 Å². The number of carbonyl (C=O) groups excluding carboxylic acids is 2. The number of hydrogen-bond acceptors (Lipinski definition) is 5. The summed E-state index contributed by atoms with van der Waals surface area (Å²) >= 11 is 0. The Hall–Kier alpha value is -2.90. The van der Waals surface area contributed by atoms with E-state index in [9.17, 15) is 19.7 Å². The number of ether oxygens (including phenoxy) is 1. The van der Waals surface area contributed by atoms with E-state index >= 15 is 0 Å². The van der Waals surface area contributed by atoms with Crippen molar-refractivity contribution in [3.05, 3.63) is 46.0 Å². The van der Waals surface area contributed by atoms with Crippen LogP contribution in [0.25, 0.3) is 6.08 Å². The zero-order valence-electron chi connectivity index (χ0n) is 16.5. The molecular formula is C20H27N3O5. The molecule has 1 N–H and O–H groups in total. The maximum Gasteiger partial charge on any atom is 0.410 e. The van der Waals surface area contributed by atoms with Gasteiger partial charge in [-0.3, -0.25) is 14.9 Å². The van der Waals surface area contributed by atoms with Crippen LogP contribution in [0.4, 0.5) is 10.5 Å². The van der Waals surface area contributed by atoms with Crippen LogP contribution in [0.2, 0.25) is 0 Å². The molecule has 1 aromatic rings. The van der Waals surface area contributed by atoms with E-state index in [1.165, 1.54) is 18.2 Å². The van der Waals surface area contributed by atoms with Gasteiger partial charge in [0.05, 0.1) is 4.92 Å². The van der Waals surface area contributed by atoms with Gasteiger partial charge in [-0.15, -0.1) is 0 Å². The summed E-state index contributed by atoms with van der Waals surface area (Å²) in [5.41, 5.74) is 0.184. The Morgan fingerprint density at radius 3 is 2.61 bits per heavy atom. The molecule has 8 nitrogen and oxygen atoms in total. The van der Waals surface area contributed by atoms with E-state index in [1.807, 2.05) is 20.8 Å². The van der Waals surface area contributed by atoms with Gasteiger partial charge in [0, 0.05) is 37.8 Å². The number of amides is 2. The lowest BCUT2D eigenvalue weighted by Crippen LogP contribution is -2.45. The number of likely N-dealkylation sites (tertiary alicyclic amines) is 1. The van der Waals surface area contributed by atoms with Gasteiger partial charge in [-0.2, -0.15) is 0 Å². The number of nitrogens with zero attached hydrogens (tertiary/aromatic N) is 2. The van der Waals surface area contributed by atoms with E-state index < -0.39 is 10.5 Å². The number of benzene rings is 1. The number of piperidine rings is 1. The van der Waals surface area contributed by atoms with Crippen LogP contribution in [0.15, 0.2) is 30.3 Å². The van der Waals surface area contributed by atoms with Crippen molar-refractivity contribution in [2.45, 2.75) is 39.2 Å². The molecule has 0 aliphatic carbocycles. The Kier molecular flexibility index (Phi) is 7.14. The molecule has 0 aromatic heterocycles. The van der Waals surface area contributed by atoms with Crippen molar-refractivity contribution >= 4 is 23.8 Å². The molecule has 0 radical (unpaired) electrons. The fourth-order valence-corrected chi connectivity index (χ4v) is 2.91. The highest BCUT2D eigenvalue weighted by Gasteiger charge is 2.27. The summed E-state index contributed by atoms with van der Waals surface area (Å²) in [5.74, 6) is -0.0641. The Labute approximate surface area is 164 Å². The van der Waals surface area contributed by atoms with Gasteiger partial charge in [0.1, 0.15) is 5.60 Å². The van der Waals surface area contributed by atoms with Gasteiger partial charge in [0.15, 0.2) is 0 Å². The highest BCUT2D eigenvalue weighted by atomic mass is 16.6. The van der Waals surface area contributed by atoms with E-state index in [4.69, 9.17) is 4.74 Å². The summed E-state index contributed by atoms with van der Waals surface area (Å²) in [7, 11) is 0. The van der Waals surface area contributed by atoms with Crippen molar-refractivity contribution < 1.29 is 19.2 Å². The first kappa shape index (κ1) is 21.4. The number of nitro groups is 1. The van der Waals surface area contributed by atoms with Crippen LogP contribution in [0.3, 0.4) is 0 Å². The molecule has 2 amide bonds. The summed E-state index contributed by atoms with van der Waals surface area (Å²) in [6, 6.07) is 5.96. The van der Waals surface area contributed by atoms with Crippen molar-refractivity contribution in [3.8, 4) is 0 Å². The summed E-state index contributed by atoms with van der Waals surface area (Å²) in [4.78, 5) is 36.1. The zero-order valence-corrected chi connectivity index (χ0v) is 16.5. The second kappa shape index (κ2) is 9.34. The largest absolute Gasteiger partial charge is 0.444 e. The number of carbonyl (C=O) groups is 2. The standard InChI is InChI=1S/C20H27N3O5/c1-20(2,3)28-19(25)22-12-4-5-16(14-22)13-21-18(24)11-8-15-6-9-17(10-7-15)23(26)27/h6-11,16H,4-5,12-14H2,1-3H3,(H,21,24). The van der Waals surface area contributed by atoms with Gasteiger partial charge < -0.3 is 15.0 Å². The Bertz CT molecular complexity index is 737. The van der Waals surface area contributed by atoms with Crippen molar-refractivity contribution in [1.82, 2.24) is 10.2 Å². The van der Waals surface area contributed by atoms with Gasteiger partial charge in [0.25, 0.3) is 5.69 Å². The first-order chi connectivity index (χ1) is 13.1. The molecule has 0 spiro atoms. The van der Waals surface area contributed by atoms with Crippen LogP contribution in [0.5, 0.6) is 0 Å². The molecule has 152 valence electrons. The van der Waals surface area contributed by atoms with E-state index in [-0.39, 0.29) is 23.6 Å². The van der Waals surface area contributed by atoms with Gasteiger partial charge in [-0.1, -0.05) is 0 Å². The fourth-order valence-electron chi connectivity index (χ4n) is 2.91. The van der Waals surface area contributed by atoms with E-state index in [0.717, 1.165) is 12.8 Å². The third kappa shape index (κ3) is 7.02. The van der Waals surface area contributed by atoms with E-state index in [1.54, 1.807) is 23.1 Å². The second-order valence-electron chi connectivity index (χ2n) is 7.86. The molecular weight excluding hydrogens is 362 g/mol. The number of nitro benzene ring substituents is 1. The molecule has 1 heterocycles. The maximum absolute atomic E-state index is 12.2. The molecule has 8 heteroatoms. The third-order valence-corrected chi connectivity index (χ3v) is 4.27. The van der Waals surface area contributed by atoms with Crippen LogP contribution in [-0.2, 0) is 9.53 Å². The molecule has 0 saturated carbocycles. The zero-order chi connectivity index (χ0) is 20.7. The van der Waals surface area contributed by atoms with Crippen molar-refractivity contribution in [3.63, 3.8) is 0 Å². The highest BCUT2D eigenvalue weighted by Crippen LogP contribution is 2.19. The Morgan fingerprint density at radius 1 is 1.32 bits per heavy atom. The smallest absolute Gasteiger partial charge is 0.410 e. The van der Waals surface area contributed by atoms with Crippen molar-refractivity contribution in [1.29, 1.82) is 0 Å². The first-order valence-corrected chi connectivity index (χ1v) is 9.32. The van der Waals surface area contributed by atoms with Crippen LogP contribution in [-0.4, -0.2) is 47.1 Å². The summed E-state index contributed by atoms with van der Waals surface area (Å²) in [5, 5.41) is 13.5. The minimum absolute atomic E-state index is 0.00782. The Morgan fingerprint density at radius 2 is 2.00 bits per heavy atom. The lowest BCUT2D eigenvalue weighted by Gasteiger charge is -2.34. The third-order valence-electron chi connectivity index (χ3n) is 4.27. The quantitative estimate of drug-likeness (QED) is 0.473. The number of rotatable bonds is 5. The van der Waals surface area contributed by atoms with Crippen LogP contribution in [0, 0.1) is 16.0 Å². The average molecular weight is 389 g/mol. The summed E-state index contributed by atoms with van der Waals surface area (Å²) < 4.78 is 5.41. The molecule has 1 aromatic carbocycles. The molecule has 0 bridgehead atoms. The number of non-ortho nitro benzene ring substituents is 1. The first-order valence-electron chi connectivity index (χ1n) is 9.32. The predicted octanol–water partition coefficient (Wildman–Crippen LogP) is 3.37. The average Bonchev–Trinajstić information content (AvgIpc) is 2.64. The predicted molar refractivity (Wildman–Crippen MR) is 106 cm³/mol. The maximum atomic E-state index is 12.2. The minimum atomic E-state index is -0.527. The second-order valence-corrected chi connectivity index (χ2v) is 7.86. The van der Waals surface area contributed by atoms with E-state index in [0.29, 0.717) is 25.2 Å². The SMILES string of the molecule is CC(C)(C)OC(=O)N1CCCC(CNC(=O)C=Cc2ccc([N+](=O)[O-])cc2)C1. The van der Waals surface area contributed by atoms with Crippen molar-refractivity contribution in [2.24, 2.45) is 5.92 Å². The molecule has 1 atom stereocenters. The number of nitrogens with one attached hydrogen (secondary N) is 1. The summed E-state index contributed by atoms with van der Waals surface area (Å²) in [6.07, 6.45) is 4.49. The fraction of sp³-hybridized carbons (Fsp3) is 0.500. The normalized spacial score (nSPS) is 17.4. The molecule has 1 aliphatic heterocycles.